The number of fused-ring (bicyclic) bond motifs is 4. The van der Waals surface area contributed by atoms with Crippen molar-refractivity contribution in [1.29, 1.82) is 0 Å². The van der Waals surface area contributed by atoms with Crippen molar-refractivity contribution in [1.82, 2.24) is 4.90 Å². The molecule has 0 aliphatic carbocycles. The molecule has 1 aromatic rings. The van der Waals surface area contributed by atoms with E-state index in [2.05, 4.69) is 0 Å². The topological polar surface area (TPSA) is 81.9 Å². The van der Waals surface area contributed by atoms with E-state index in [9.17, 15) is 9.59 Å². The Kier molecular flexibility index (Phi) is 3.99. The van der Waals surface area contributed by atoms with Gasteiger partial charge in [0.25, 0.3) is 0 Å². The molecule has 7 heteroatoms. The zero-order valence-corrected chi connectivity index (χ0v) is 13.6. The van der Waals surface area contributed by atoms with Gasteiger partial charge in [0, 0.05) is 10.9 Å². The molecular formula is C15H20N2O4S. The van der Waals surface area contributed by atoms with E-state index in [0.29, 0.717) is 30.2 Å². The fourth-order valence-electron chi connectivity index (χ4n) is 3.45. The minimum Gasteiger partial charge on any atom is -0.462 e. The molecule has 0 saturated carbocycles. The Bertz CT molecular complexity index is 613. The number of thiophene rings is 1. The lowest BCUT2D eigenvalue weighted by atomic mass is 9.97. The first-order chi connectivity index (χ1) is 10.6. The Morgan fingerprint density at radius 3 is 2.68 bits per heavy atom. The Morgan fingerprint density at radius 1 is 1.27 bits per heavy atom. The predicted molar refractivity (Wildman–Crippen MR) is 83.0 cm³/mol. The maximum atomic E-state index is 12.2. The number of hydrogen-bond acceptors (Lipinski definition) is 6. The maximum absolute atomic E-state index is 12.2. The van der Waals surface area contributed by atoms with E-state index in [1.165, 1.54) is 11.3 Å². The number of hydrogen-bond donors (Lipinski definition) is 1. The molecule has 0 spiro atoms. The number of rotatable bonds is 3. The summed E-state index contributed by atoms with van der Waals surface area (Å²) in [6, 6.07) is 0.0574. The zero-order valence-electron chi connectivity index (χ0n) is 12.8. The van der Waals surface area contributed by atoms with E-state index in [0.717, 1.165) is 23.3 Å². The molecule has 3 rings (SSSR count). The highest BCUT2D eigenvalue weighted by Gasteiger charge is 2.46. The lowest BCUT2D eigenvalue weighted by molar-refractivity contribution is 0.0525. The maximum Gasteiger partial charge on any atom is 0.410 e. The van der Waals surface area contributed by atoms with Crippen LogP contribution in [0.15, 0.2) is 0 Å². The molecule has 1 amide bonds. The van der Waals surface area contributed by atoms with Crippen molar-refractivity contribution < 1.29 is 19.1 Å². The van der Waals surface area contributed by atoms with Gasteiger partial charge in [-0.3, -0.25) is 4.90 Å². The highest BCUT2D eigenvalue weighted by molar-refractivity contribution is 7.16. The first-order valence-electron chi connectivity index (χ1n) is 7.61. The zero-order chi connectivity index (χ0) is 15.9. The molecule has 120 valence electrons. The van der Waals surface area contributed by atoms with Crippen LogP contribution in [0.5, 0.6) is 0 Å². The van der Waals surface area contributed by atoms with Gasteiger partial charge in [-0.15, -0.1) is 11.3 Å². The predicted octanol–water partition coefficient (Wildman–Crippen LogP) is 2.73. The third-order valence-electron chi connectivity index (χ3n) is 4.27. The number of esters is 1. The van der Waals surface area contributed by atoms with Gasteiger partial charge in [-0.2, -0.15) is 0 Å². The van der Waals surface area contributed by atoms with E-state index >= 15 is 0 Å². The number of nitrogen functional groups attached to an aromatic ring is 1. The molecule has 0 aromatic carbocycles. The summed E-state index contributed by atoms with van der Waals surface area (Å²) in [4.78, 5) is 27.2. The molecule has 2 unspecified atom stereocenters. The number of amides is 1. The molecule has 6 nitrogen and oxygen atoms in total. The molecule has 0 radical (unpaired) electrons. The van der Waals surface area contributed by atoms with Gasteiger partial charge in [0.2, 0.25) is 0 Å². The lowest BCUT2D eigenvalue weighted by Gasteiger charge is -2.33. The number of carbonyl (C=O) groups is 2. The second kappa shape index (κ2) is 5.79. The van der Waals surface area contributed by atoms with Crippen molar-refractivity contribution in [3.05, 3.63) is 16.0 Å². The summed E-state index contributed by atoms with van der Waals surface area (Å²) in [7, 11) is 0. The number of nitrogens with two attached hydrogens (primary N) is 1. The quantitative estimate of drug-likeness (QED) is 0.865. The monoisotopic (exact) mass is 324 g/mol. The van der Waals surface area contributed by atoms with Gasteiger partial charge >= 0.3 is 12.1 Å². The van der Waals surface area contributed by atoms with Gasteiger partial charge in [0.1, 0.15) is 5.00 Å². The Balaban J connectivity index is 1.96. The Labute approximate surface area is 133 Å². The van der Waals surface area contributed by atoms with Crippen molar-refractivity contribution in [2.45, 2.75) is 45.2 Å². The van der Waals surface area contributed by atoms with Crippen LogP contribution in [0.1, 0.15) is 53.5 Å². The van der Waals surface area contributed by atoms with Crippen molar-refractivity contribution in [2.75, 3.05) is 18.9 Å². The average molecular weight is 324 g/mol. The lowest BCUT2D eigenvalue weighted by Crippen LogP contribution is -2.42. The molecule has 2 atom stereocenters. The minimum atomic E-state index is -0.360. The Morgan fingerprint density at radius 2 is 2.00 bits per heavy atom. The largest absolute Gasteiger partial charge is 0.462 e. The smallest absolute Gasteiger partial charge is 0.410 e. The molecule has 1 fully saturated rings. The highest BCUT2D eigenvalue weighted by Crippen LogP contribution is 2.50. The average Bonchev–Trinajstić information content (AvgIpc) is 2.97. The standard InChI is InChI=1S/C15H20N2O4S/c1-3-20-14(18)11-9-7-8-5-6-10(12(9)22-13(11)16)17(8)15(19)21-4-2/h8,10H,3-7,16H2,1-2H3. The number of nitrogens with zero attached hydrogens (tertiary/aromatic N) is 1. The van der Waals surface area contributed by atoms with Crippen LogP contribution in [0.25, 0.3) is 0 Å². The molecule has 2 N–H and O–H groups in total. The van der Waals surface area contributed by atoms with E-state index < -0.39 is 0 Å². The van der Waals surface area contributed by atoms with Crippen LogP contribution in [-0.4, -0.2) is 36.2 Å². The SMILES string of the molecule is CCOC(=O)c1c(N)sc2c1CC1CCC2N1C(=O)OCC. The Hall–Kier alpha value is -1.76. The van der Waals surface area contributed by atoms with Crippen LogP contribution in [0, 0.1) is 0 Å². The molecule has 2 aliphatic rings. The van der Waals surface area contributed by atoms with E-state index in [1.807, 2.05) is 4.90 Å². The second-order valence-corrected chi connectivity index (χ2v) is 6.55. The van der Waals surface area contributed by atoms with E-state index in [4.69, 9.17) is 15.2 Å². The van der Waals surface area contributed by atoms with Crippen molar-refractivity contribution >= 4 is 28.4 Å². The molecular weight excluding hydrogens is 304 g/mol. The van der Waals surface area contributed by atoms with E-state index in [1.54, 1.807) is 13.8 Å². The summed E-state index contributed by atoms with van der Waals surface area (Å²) in [6.07, 6.45) is 2.18. The van der Waals surface area contributed by atoms with Crippen molar-refractivity contribution in [3.8, 4) is 0 Å². The molecule has 22 heavy (non-hydrogen) atoms. The molecule has 2 aliphatic heterocycles. The van der Waals surface area contributed by atoms with Gasteiger partial charge in [0.15, 0.2) is 0 Å². The summed E-state index contributed by atoms with van der Waals surface area (Å²) in [5.74, 6) is -0.360. The second-order valence-electron chi connectivity index (χ2n) is 5.46. The van der Waals surface area contributed by atoms with E-state index in [-0.39, 0.29) is 24.1 Å². The van der Waals surface area contributed by atoms with Crippen LogP contribution in [-0.2, 0) is 15.9 Å². The third kappa shape index (κ3) is 2.24. The summed E-state index contributed by atoms with van der Waals surface area (Å²) < 4.78 is 10.3. The minimum absolute atomic E-state index is 0.0247. The van der Waals surface area contributed by atoms with Crippen LogP contribution in [0.4, 0.5) is 9.80 Å². The van der Waals surface area contributed by atoms with Crippen LogP contribution >= 0.6 is 11.3 Å². The summed E-state index contributed by atoms with van der Waals surface area (Å²) >= 11 is 1.40. The highest BCUT2D eigenvalue weighted by atomic mass is 32.1. The van der Waals surface area contributed by atoms with Gasteiger partial charge in [-0.1, -0.05) is 0 Å². The fraction of sp³-hybridized carbons (Fsp3) is 0.600. The molecule has 3 heterocycles. The molecule has 1 aromatic heterocycles. The van der Waals surface area contributed by atoms with Crippen LogP contribution in [0.3, 0.4) is 0 Å². The third-order valence-corrected chi connectivity index (χ3v) is 5.43. The summed E-state index contributed by atoms with van der Waals surface area (Å²) in [5.41, 5.74) is 7.52. The summed E-state index contributed by atoms with van der Waals surface area (Å²) in [6.45, 7) is 4.27. The number of carbonyl (C=O) groups excluding carboxylic acids is 2. The van der Waals surface area contributed by atoms with Crippen molar-refractivity contribution in [3.63, 3.8) is 0 Å². The fourth-order valence-corrected chi connectivity index (χ4v) is 4.67. The normalized spacial score (nSPS) is 22.4. The van der Waals surface area contributed by atoms with Gasteiger partial charge in [-0.05, 0) is 38.7 Å². The summed E-state index contributed by atoms with van der Waals surface area (Å²) in [5, 5.41) is 0.486. The van der Waals surface area contributed by atoms with Gasteiger partial charge in [-0.25, -0.2) is 9.59 Å². The van der Waals surface area contributed by atoms with Crippen LogP contribution < -0.4 is 5.73 Å². The molecule has 1 saturated heterocycles. The first-order valence-corrected chi connectivity index (χ1v) is 8.43. The van der Waals surface area contributed by atoms with Crippen LogP contribution in [0.2, 0.25) is 0 Å². The van der Waals surface area contributed by atoms with Gasteiger partial charge in [0.05, 0.1) is 24.8 Å². The number of anilines is 1. The van der Waals surface area contributed by atoms with Gasteiger partial charge < -0.3 is 15.2 Å². The molecule has 2 bridgehead atoms. The first kappa shape index (κ1) is 15.1. The van der Waals surface area contributed by atoms with Crippen molar-refractivity contribution in [2.24, 2.45) is 0 Å². The number of ether oxygens (including phenoxy) is 2.